The summed E-state index contributed by atoms with van der Waals surface area (Å²) in [5.41, 5.74) is 6.08. The molecule has 1 aliphatic heterocycles. The SMILES string of the molecule is CC1CCCN1.CO.Cc1cc2cc(-c3cccc(COC(C)C)c3)ccc2[nH]1. The summed E-state index contributed by atoms with van der Waals surface area (Å²) in [4.78, 5) is 3.36. The average molecular weight is 397 g/mol. The Morgan fingerprint density at radius 3 is 2.45 bits per heavy atom. The Kier molecular flexibility index (Phi) is 9.39. The zero-order chi connectivity index (χ0) is 21.2. The van der Waals surface area contributed by atoms with Crippen LogP contribution in [0.1, 0.15) is 44.9 Å². The highest BCUT2D eigenvalue weighted by molar-refractivity contribution is 5.85. The molecular weight excluding hydrogens is 360 g/mol. The van der Waals surface area contributed by atoms with Crippen LogP contribution in [-0.4, -0.2) is 35.9 Å². The van der Waals surface area contributed by atoms with Gasteiger partial charge in [-0.25, -0.2) is 0 Å². The lowest BCUT2D eigenvalue weighted by molar-refractivity contribution is 0.0657. The van der Waals surface area contributed by atoms with Crippen LogP contribution in [-0.2, 0) is 11.3 Å². The summed E-state index contributed by atoms with van der Waals surface area (Å²) in [5.74, 6) is 0. The van der Waals surface area contributed by atoms with Gasteiger partial charge in [-0.3, -0.25) is 0 Å². The summed E-state index contributed by atoms with van der Waals surface area (Å²) in [6, 6.07) is 18.1. The molecule has 29 heavy (non-hydrogen) atoms. The molecule has 0 bridgehead atoms. The van der Waals surface area contributed by atoms with Crippen molar-refractivity contribution in [1.82, 2.24) is 10.3 Å². The fraction of sp³-hybridized carbons (Fsp3) is 0.440. The molecule has 0 radical (unpaired) electrons. The van der Waals surface area contributed by atoms with Gasteiger partial charge in [0, 0.05) is 29.7 Å². The Hall–Kier alpha value is -2.14. The molecule has 0 amide bonds. The van der Waals surface area contributed by atoms with E-state index in [-0.39, 0.29) is 6.10 Å². The topological polar surface area (TPSA) is 57.3 Å². The van der Waals surface area contributed by atoms with Gasteiger partial charge in [-0.05, 0) is 88.0 Å². The molecule has 2 heterocycles. The summed E-state index contributed by atoms with van der Waals surface area (Å²) in [7, 11) is 1.00. The number of rotatable bonds is 4. The lowest BCUT2D eigenvalue weighted by Crippen LogP contribution is -2.16. The van der Waals surface area contributed by atoms with E-state index in [4.69, 9.17) is 9.84 Å². The van der Waals surface area contributed by atoms with E-state index in [2.05, 4.69) is 86.5 Å². The molecule has 1 fully saturated rings. The maximum Gasteiger partial charge on any atom is 0.0720 e. The van der Waals surface area contributed by atoms with Gasteiger partial charge >= 0.3 is 0 Å². The van der Waals surface area contributed by atoms with Crippen molar-refractivity contribution < 1.29 is 9.84 Å². The van der Waals surface area contributed by atoms with Crippen molar-refractivity contribution in [1.29, 1.82) is 0 Å². The van der Waals surface area contributed by atoms with Crippen LogP contribution in [0.25, 0.3) is 22.0 Å². The first-order valence-electron chi connectivity index (χ1n) is 10.5. The molecule has 1 atom stereocenters. The summed E-state index contributed by atoms with van der Waals surface area (Å²) < 4.78 is 5.69. The molecular formula is C25H36N2O2. The molecule has 0 saturated carbocycles. The first-order valence-corrected chi connectivity index (χ1v) is 10.5. The van der Waals surface area contributed by atoms with Crippen molar-refractivity contribution in [2.24, 2.45) is 0 Å². The quantitative estimate of drug-likeness (QED) is 0.551. The number of aliphatic hydroxyl groups excluding tert-OH is 1. The Labute approximate surface area is 175 Å². The molecule has 1 unspecified atom stereocenters. The minimum Gasteiger partial charge on any atom is -0.400 e. The molecule has 1 saturated heterocycles. The van der Waals surface area contributed by atoms with E-state index in [1.54, 1.807) is 0 Å². The van der Waals surface area contributed by atoms with Crippen LogP contribution in [0, 0.1) is 6.92 Å². The third kappa shape index (κ3) is 7.32. The third-order valence-corrected chi connectivity index (χ3v) is 4.91. The summed E-state index contributed by atoms with van der Waals surface area (Å²) in [6.45, 7) is 10.3. The van der Waals surface area contributed by atoms with Gasteiger partial charge in [-0.15, -0.1) is 0 Å². The molecule has 1 aliphatic rings. The number of nitrogens with one attached hydrogen (secondary N) is 2. The van der Waals surface area contributed by atoms with E-state index in [9.17, 15) is 0 Å². The van der Waals surface area contributed by atoms with E-state index in [0.717, 1.165) is 13.2 Å². The standard InChI is InChI=1S/C19H21NO.C5H11N.CH4O/c1-13(2)21-12-15-5-4-6-16(10-15)17-7-8-19-18(11-17)9-14(3)20-19;1-5-3-2-4-6-5;1-2/h4-11,13,20H,12H2,1-3H3;5-6H,2-4H2,1H3;2H,1H3. The van der Waals surface area contributed by atoms with Gasteiger partial charge in [0.1, 0.15) is 0 Å². The predicted molar refractivity (Wildman–Crippen MR) is 123 cm³/mol. The summed E-state index contributed by atoms with van der Waals surface area (Å²) in [6.07, 6.45) is 3.01. The second kappa shape index (κ2) is 11.8. The molecule has 3 N–H and O–H groups in total. The van der Waals surface area contributed by atoms with Gasteiger partial charge in [0.05, 0.1) is 12.7 Å². The van der Waals surface area contributed by atoms with Crippen molar-refractivity contribution in [2.75, 3.05) is 13.7 Å². The number of aliphatic hydroxyl groups is 1. The Balaban J connectivity index is 0.000000317. The van der Waals surface area contributed by atoms with Crippen molar-refractivity contribution >= 4 is 10.9 Å². The predicted octanol–water partition coefficient (Wildman–Crippen LogP) is 5.44. The van der Waals surface area contributed by atoms with Crippen molar-refractivity contribution in [3.05, 3.63) is 59.8 Å². The van der Waals surface area contributed by atoms with Crippen LogP contribution in [0.3, 0.4) is 0 Å². The van der Waals surface area contributed by atoms with E-state index in [1.807, 2.05) is 0 Å². The first-order chi connectivity index (χ1) is 14.0. The third-order valence-electron chi connectivity index (χ3n) is 4.91. The Morgan fingerprint density at radius 2 is 1.83 bits per heavy atom. The van der Waals surface area contributed by atoms with Gasteiger partial charge in [-0.2, -0.15) is 0 Å². The molecule has 158 valence electrons. The van der Waals surface area contributed by atoms with Crippen molar-refractivity contribution in [3.8, 4) is 11.1 Å². The van der Waals surface area contributed by atoms with Crippen LogP contribution >= 0.6 is 0 Å². The fourth-order valence-electron chi connectivity index (χ4n) is 3.42. The maximum atomic E-state index is 7.00. The minimum atomic E-state index is 0.257. The van der Waals surface area contributed by atoms with Gasteiger partial charge in [0.2, 0.25) is 0 Å². The van der Waals surface area contributed by atoms with Gasteiger partial charge in [0.25, 0.3) is 0 Å². The Morgan fingerprint density at radius 1 is 1.07 bits per heavy atom. The van der Waals surface area contributed by atoms with Crippen LogP contribution < -0.4 is 5.32 Å². The van der Waals surface area contributed by atoms with E-state index in [1.165, 1.54) is 52.7 Å². The molecule has 2 aromatic carbocycles. The monoisotopic (exact) mass is 396 g/mol. The molecule has 1 aromatic heterocycles. The smallest absolute Gasteiger partial charge is 0.0720 e. The van der Waals surface area contributed by atoms with Crippen LogP contribution in [0.4, 0.5) is 0 Å². The number of hydrogen-bond donors (Lipinski definition) is 3. The number of ether oxygens (including phenoxy) is 1. The number of fused-ring (bicyclic) bond motifs is 1. The van der Waals surface area contributed by atoms with Gasteiger partial charge in [0.15, 0.2) is 0 Å². The zero-order valence-electron chi connectivity index (χ0n) is 18.5. The highest BCUT2D eigenvalue weighted by atomic mass is 16.5. The largest absolute Gasteiger partial charge is 0.400 e. The Bertz CT molecular complexity index is 864. The number of benzene rings is 2. The molecule has 3 aromatic rings. The van der Waals surface area contributed by atoms with Crippen LogP contribution in [0.2, 0.25) is 0 Å². The lowest BCUT2D eigenvalue weighted by atomic mass is 10.0. The number of H-pyrrole nitrogens is 1. The highest BCUT2D eigenvalue weighted by Gasteiger charge is 2.05. The molecule has 4 heteroatoms. The number of hydrogen-bond acceptors (Lipinski definition) is 3. The van der Waals surface area contributed by atoms with E-state index in [0.29, 0.717) is 6.61 Å². The van der Waals surface area contributed by atoms with E-state index >= 15 is 0 Å². The van der Waals surface area contributed by atoms with Gasteiger partial charge in [-0.1, -0.05) is 24.3 Å². The fourth-order valence-corrected chi connectivity index (χ4v) is 3.42. The number of aromatic amines is 1. The van der Waals surface area contributed by atoms with Crippen LogP contribution in [0.5, 0.6) is 0 Å². The zero-order valence-corrected chi connectivity index (χ0v) is 18.5. The second-order valence-electron chi connectivity index (χ2n) is 7.81. The van der Waals surface area contributed by atoms with E-state index < -0.39 is 0 Å². The molecule has 0 aliphatic carbocycles. The minimum absolute atomic E-state index is 0.257. The summed E-state index contributed by atoms with van der Waals surface area (Å²) in [5, 5.41) is 11.6. The van der Waals surface area contributed by atoms with Crippen molar-refractivity contribution in [3.63, 3.8) is 0 Å². The summed E-state index contributed by atoms with van der Waals surface area (Å²) >= 11 is 0. The molecule has 4 rings (SSSR count). The average Bonchev–Trinajstić information content (AvgIpc) is 3.35. The van der Waals surface area contributed by atoms with Crippen molar-refractivity contribution in [2.45, 2.75) is 59.3 Å². The van der Waals surface area contributed by atoms with Gasteiger partial charge < -0.3 is 20.1 Å². The molecule has 0 spiro atoms. The lowest BCUT2D eigenvalue weighted by Gasteiger charge is -2.09. The highest BCUT2D eigenvalue weighted by Crippen LogP contribution is 2.25. The number of aromatic nitrogens is 1. The number of aryl methyl sites for hydroxylation is 1. The van der Waals surface area contributed by atoms with Crippen LogP contribution in [0.15, 0.2) is 48.5 Å². The normalized spacial score (nSPS) is 15.6. The second-order valence-corrected chi connectivity index (χ2v) is 7.81. The molecule has 4 nitrogen and oxygen atoms in total. The first kappa shape index (κ1) is 23.1. The maximum absolute atomic E-state index is 7.00.